The first-order valence-corrected chi connectivity index (χ1v) is 9.76. The number of thioether (sulfide) groups is 1. The monoisotopic (exact) mass is 427 g/mol. The normalized spacial score (nSPS) is 12.1. The number of carbonyl (C=O) groups excluding carboxylic acids is 1. The fraction of sp³-hybridized carbons (Fsp3) is 0.100. The molecule has 10 heteroatoms. The summed E-state index contributed by atoms with van der Waals surface area (Å²) in [7, 11) is 0. The number of H-pyrrole nitrogens is 1. The Morgan fingerprint density at radius 2 is 1.97 bits per heavy atom. The summed E-state index contributed by atoms with van der Waals surface area (Å²) in [5.41, 5.74) is 0.421. The molecule has 0 fully saturated rings. The summed E-state index contributed by atoms with van der Waals surface area (Å²) in [5, 5.41) is 6.33. The van der Waals surface area contributed by atoms with Crippen molar-refractivity contribution in [2.45, 2.75) is 17.3 Å². The molecule has 0 aliphatic heterocycles. The van der Waals surface area contributed by atoms with Crippen LogP contribution in [0.25, 0.3) is 16.7 Å². The number of para-hydroxylation sites is 1. The van der Waals surface area contributed by atoms with Crippen molar-refractivity contribution in [2.24, 2.45) is 0 Å². The molecule has 2 N–H and O–H groups in total. The maximum absolute atomic E-state index is 13.8. The molecular formula is C20H15F2N5O2S. The Balaban J connectivity index is 1.59. The second-order valence-electron chi connectivity index (χ2n) is 6.37. The highest BCUT2D eigenvalue weighted by Gasteiger charge is 2.19. The molecule has 1 amide bonds. The van der Waals surface area contributed by atoms with E-state index in [0.29, 0.717) is 11.0 Å². The average molecular weight is 427 g/mol. The summed E-state index contributed by atoms with van der Waals surface area (Å²) in [6.45, 7) is 1.57. The lowest BCUT2D eigenvalue weighted by molar-refractivity contribution is -0.115. The van der Waals surface area contributed by atoms with Crippen LogP contribution < -0.4 is 10.9 Å². The van der Waals surface area contributed by atoms with Gasteiger partial charge in [-0.2, -0.15) is 5.10 Å². The fourth-order valence-electron chi connectivity index (χ4n) is 2.76. The van der Waals surface area contributed by atoms with E-state index in [4.69, 9.17) is 0 Å². The van der Waals surface area contributed by atoms with Gasteiger partial charge in [0.2, 0.25) is 5.91 Å². The highest BCUT2D eigenvalue weighted by molar-refractivity contribution is 8.00. The zero-order chi connectivity index (χ0) is 21.3. The fourth-order valence-corrected chi connectivity index (χ4v) is 3.55. The Morgan fingerprint density at radius 1 is 1.20 bits per heavy atom. The minimum Gasteiger partial charge on any atom is -0.323 e. The van der Waals surface area contributed by atoms with Crippen molar-refractivity contribution in [2.75, 3.05) is 5.32 Å². The van der Waals surface area contributed by atoms with Crippen molar-refractivity contribution in [1.29, 1.82) is 0 Å². The van der Waals surface area contributed by atoms with Gasteiger partial charge >= 0.3 is 0 Å². The van der Waals surface area contributed by atoms with Gasteiger partial charge in [0.1, 0.15) is 17.0 Å². The lowest BCUT2D eigenvalue weighted by Gasteiger charge is -2.12. The van der Waals surface area contributed by atoms with Gasteiger partial charge in [0.15, 0.2) is 10.8 Å². The molecule has 4 aromatic rings. The maximum Gasteiger partial charge on any atom is 0.262 e. The van der Waals surface area contributed by atoms with Crippen molar-refractivity contribution in [1.82, 2.24) is 19.7 Å². The summed E-state index contributed by atoms with van der Waals surface area (Å²) in [6, 6.07) is 12.0. The van der Waals surface area contributed by atoms with Crippen LogP contribution in [0, 0.1) is 11.6 Å². The number of halogens is 2. The SMILES string of the molecule is C[C@H](Sc1nc2c(cnn2-c2ccccc2)c(=O)[nH]1)C(=O)Nc1cc(F)ccc1F. The molecule has 0 spiro atoms. The summed E-state index contributed by atoms with van der Waals surface area (Å²) < 4.78 is 28.6. The second-order valence-corrected chi connectivity index (χ2v) is 7.70. The van der Waals surface area contributed by atoms with Crippen LogP contribution in [0.3, 0.4) is 0 Å². The molecule has 0 aliphatic carbocycles. The highest BCUT2D eigenvalue weighted by Crippen LogP contribution is 2.23. The number of hydrogen-bond donors (Lipinski definition) is 2. The van der Waals surface area contributed by atoms with Gasteiger partial charge in [-0.3, -0.25) is 9.59 Å². The van der Waals surface area contributed by atoms with Crippen LogP contribution >= 0.6 is 11.8 Å². The molecule has 0 saturated carbocycles. The number of fused-ring (bicyclic) bond motifs is 1. The Labute approximate surface area is 173 Å². The minimum atomic E-state index is -0.749. The van der Waals surface area contributed by atoms with Crippen LogP contribution in [-0.4, -0.2) is 30.9 Å². The number of hydrogen-bond acceptors (Lipinski definition) is 5. The van der Waals surface area contributed by atoms with Gasteiger partial charge in [0, 0.05) is 6.07 Å². The number of benzene rings is 2. The van der Waals surface area contributed by atoms with Crippen LogP contribution in [0.5, 0.6) is 0 Å². The van der Waals surface area contributed by atoms with Gasteiger partial charge in [-0.25, -0.2) is 18.4 Å². The minimum absolute atomic E-state index is 0.201. The summed E-state index contributed by atoms with van der Waals surface area (Å²) >= 11 is 0.981. The molecule has 0 bridgehead atoms. The predicted octanol–water partition coefficient (Wildman–Crippen LogP) is 3.51. The van der Waals surface area contributed by atoms with Crippen LogP contribution in [0.2, 0.25) is 0 Å². The lowest BCUT2D eigenvalue weighted by Crippen LogP contribution is -2.24. The number of carbonyl (C=O) groups is 1. The highest BCUT2D eigenvalue weighted by atomic mass is 32.2. The molecular weight excluding hydrogens is 412 g/mol. The maximum atomic E-state index is 13.8. The van der Waals surface area contributed by atoms with E-state index in [1.807, 2.05) is 30.3 Å². The number of rotatable bonds is 5. The Morgan fingerprint density at radius 3 is 2.73 bits per heavy atom. The van der Waals surface area contributed by atoms with E-state index in [0.717, 1.165) is 35.6 Å². The molecule has 2 aromatic carbocycles. The lowest BCUT2D eigenvalue weighted by atomic mass is 10.3. The van der Waals surface area contributed by atoms with Crippen LogP contribution in [0.15, 0.2) is 64.7 Å². The van der Waals surface area contributed by atoms with Gasteiger partial charge < -0.3 is 10.3 Å². The third kappa shape index (κ3) is 3.94. The average Bonchev–Trinajstić information content (AvgIpc) is 3.16. The van der Waals surface area contributed by atoms with Crippen LogP contribution in [0.1, 0.15) is 6.92 Å². The standard InChI is InChI=1S/C20H15F2N5O2S/c1-11(18(28)24-16-9-12(21)7-8-15(16)22)30-20-25-17-14(19(29)26-20)10-23-27(17)13-5-3-2-4-6-13/h2-11H,1H3,(H,24,28)(H,25,26,29)/t11-/m0/s1. The van der Waals surface area contributed by atoms with E-state index < -0.39 is 28.4 Å². The van der Waals surface area contributed by atoms with E-state index in [1.54, 1.807) is 6.92 Å². The van der Waals surface area contributed by atoms with Crippen molar-refractivity contribution >= 4 is 34.4 Å². The molecule has 0 radical (unpaired) electrons. The number of aromatic amines is 1. The smallest absolute Gasteiger partial charge is 0.262 e. The van der Waals surface area contributed by atoms with Crippen molar-refractivity contribution < 1.29 is 13.6 Å². The molecule has 4 rings (SSSR count). The van der Waals surface area contributed by atoms with Gasteiger partial charge in [-0.05, 0) is 31.2 Å². The number of amides is 1. The number of aromatic nitrogens is 4. The molecule has 0 unspecified atom stereocenters. The van der Waals surface area contributed by atoms with Gasteiger partial charge in [0.05, 0.1) is 22.8 Å². The molecule has 0 saturated heterocycles. The van der Waals surface area contributed by atoms with Crippen molar-refractivity contribution in [3.8, 4) is 5.69 Å². The van der Waals surface area contributed by atoms with Crippen molar-refractivity contribution in [3.63, 3.8) is 0 Å². The first kappa shape index (κ1) is 19.8. The van der Waals surface area contributed by atoms with Crippen LogP contribution in [-0.2, 0) is 4.79 Å². The van der Waals surface area contributed by atoms with E-state index >= 15 is 0 Å². The van der Waals surface area contributed by atoms with Gasteiger partial charge in [-0.1, -0.05) is 30.0 Å². The zero-order valence-corrected chi connectivity index (χ0v) is 16.4. The van der Waals surface area contributed by atoms with E-state index in [-0.39, 0.29) is 10.8 Å². The number of nitrogens with zero attached hydrogens (tertiary/aromatic N) is 3. The summed E-state index contributed by atoms with van der Waals surface area (Å²) in [4.78, 5) is 31.9. The first-order valence-electron chi connectivity index (χ1n) is 8.88. The van der Waals surface area contributed by atoms with E-state index in [9.17, 15) is 18.4 Å². The van der Waals surface area contributed by atoms with Crippen molar-refractivity contribution in [3.05, 3.63) is 76.7 Å². The van der Waals surface area contributed by atoms with E-state index in [1.165, 1.54) is 10.9 Å². The number of nitrogens with one attached hydrogen (secondary N) is 2. The molecule has 7 nitrogen and oxygen atoms in total. The summed E-state index contributed by atoms with van der Waals surface area (Å²) in [5.74, 6) is -1.98. The molecule has 152 valence electrons. The zero-order valence-electron chi connectivity index (χ0n) is 15.6. The third-order valence-corrected chi connectivity index (χ3v) is 5.25. The number of anilines is 1. The summed E-state index contributed by atoms with van der Waals surface area (Å²) in [6.07, 6.45) is 1.42. The molecule has 0 aliphatic rings. The van der Waals surface area contributed by atoms with E-state index in [2.05, 4.69) is 20.4 Å². The third-order valence-electron chi connectivity index (χ3n) is 4.26. The molecule has 2 aromatic heterocycles. The molecule has 2 heterocycles. The Hall–Kier alpha value is -3.53. The Bertz CT molecular complexity index is 1290. The van der Waals surface area contributed by atoms with Gasteiger partial charge in [0.25, 0.3) is 5.56 Å². The largest absolute Gasteiger partial charge is 0.323 e. The first-order chi connectivity index (χ1) is 14.4. The molecule has 1 atom stereocenters. The second kappa shape index (κ2) is 8.07. The van der Waals surface area contributed by atoms with Crippen LogP contribution in [0.4, 0.5) is 14.5 Å². The predicted molar refractivity (Wildman–Crippen MR) is 110 cm³/mol. The van der Waals surface area contributed by atoms with Gasteiger partial charge in [-0.15, -0.1) is 0 Å². The quantitative estimate of drug-likeness (QED) is 0.376. The Kier molecular flexibility index (Phi) is 5.32. The topological polar surface area (TPSA) is 92.7 Å². The molecule has 30 heavy (non-hydrogen) atoms.